The van der Waals surface area contributed by atoms with Crippen molar-refractivity contribution in [1.29, 1.82) is 0 Å². The predicted octanol–water partition coefficient (Wildman–Crippen LogP) is 7.57. The van der Waals surface area contributed by atoms with Crippen molar-refractivity contribution in [2.75, 3.05) is 0 Å². The Morgan fingerprint density at radius 1 is 0.619 bits per heavy atom. The van der Waals surface area contributed by atoms with Gasteiger partial charge < -0.3 is 4.74 Å². The van der Waals surface area contributed by atoms with Crippen LogP contribution in [0, 0.1) is 7.11 Å². The molecule has 0 unspecified atom stereocenters. The first-order chi connectivity index (χ1) is 10.4. The highest BCUT2D eigenvalue weighted by molar-refractivity contribution is 4.72. The van der Waals surface area contributed by atoms with Crippen LogP contribution in [-0.2, 0) is 4.74 Å². The highest BCUT2D eigenvalue weighted by Gasteiger charge is 1.94. The van der Waals surface area contributed by atoms with Crippen LogP contribution in [0.2, 0.25) is 0 Å². The summed E-state index contributed by atoms with van der Waals surface area (Å²) >= 11 is 0. The Kier molecular flexibility index (Phi) is 19.1. The molecule has 1 radical (unpaired) electrons. The van der Waals surface area contributed by atoms with Gasteiger partial charge in [0.05, 0.1) is 6.26 Å². The first-order valence-corrected chi connectivity index (χ1v) is 9.47. The minimum absolute atomic E-state index is 1.13. The number of rotatable bonds is 17. The van der Waals surface area contributed by atoms with E-state index >= 15 is 0 Å². The van der Waals surface area contributed by atoms with Crippen molar-refractivity contribution in [3.63, 3.8) is 0 Å². The van der Waals surface area contributed by atoms with Crippen molar-refractivity contribution in [1.82, 2.24) is 0 Å². The van der Waals surface area contributed by atoms with E-state index < -0.39 is 0 Å². The molecule has 0 heterocycles. The van der Waals surface area contributed by atoms with Gasteiger partial charge in [0.25, 0.3) is 0 Å². The van der Waals surface area contributed by atoms with Gasteiger partial charge in [-0.25, -0.2) is 0 Å². The summed E-state index contributed by atoms with van der Waals surface area (Å²) in [5, 5.41) is 0. The average Bonchev–Trinajstić information content (AvgIpc) is 2.50. The van der Waals surface area contributed by atoms with E-state index in [2.05, 4.69) is 24.8 Å². The van der Waals surface area contributed by atoms with E-state index in [-0.39, 0.29) is 0 Å². The fraction of sp³-hybridized carbons (Fsp3) is 0.850. The van der Waals surface area contributed by atoms with E-state index in [1.54, 1.807) is 6.26 Å². The molecule has 0 N–H and O–H groups in total. The second-order valence-corrected chi connectivity index (χ2v) is 6.28. The van der Waals surface area contributed by atoms with Gasteiger partial charge in [0.2, 0.25) is 0 Å². The maximum absolute atomic E-state index is 4.64. The van der Waals surface area contributed by atoms with Crippen LogP contribution < -0.4 is 0 Å². The third-order valence-corrected chi connectivity index (χ3v) is 4.17. The van der Waals surface area contributed by atoms with Crippen molar-refractivity contribution in [3.8, 4) is 0 Å². The molecule has 0 aliphatic rings. The maximum Gasteiger partial charge on any atom is 0.121 e. The summed E-state index contributed by atoms with van der Waals surface area (Å²) in [5.41, 5.74) is 0. The molecule has 0 aliphatic heterocycles. The van der Waals surface area contributed by atoms with Gasteiger partial charge in [-0.05, 0) is 18.9 Å². The zero-order valence-corrected chi connectivity index (χ0v) is 14.6. The van der Waals surface area contributed by atoms with Crippen molar-refractivity contribution < 1.29 is 4.74 Å². The first kappa shape index (κ1) is 20.5. The Morgan fingerprint density at radius 3 is 1.38 bits per heavy atom. The van der Waals surface area contributed by atoms with Gasteiger partial charge in [0.15, 0.2) is 0 Å². The van der Waals surface area contributed by atoms with Crippen molar-refractivity contribution in [2.45, 2.75) is 110 Å². The molecule has 0 fully saturated rings. The van der Waals surface area contributed by atoms with Crippen LogP contribution in [0.4, 0.5) is 0 Å². The smallest absolute Gasteiger partial charge is 0.121 e. The topological polar surface area (TPSA) is 9.23 Å². The Hall–Kier alpha value is -0.460. The molecule has 0 atom stereocenters. The van der Waals surface area contributed by atoms with Crippen molar-refractivity contribution in [3.05, 3.63) is 19.4 Å². The summed E-state index contributed by atoms with van der Waals surface area (Å²) in [5.74, 6) is 0. The molecule has 0 aromatic rings. The standard InChI is InChI=1S/C20H39O/c1-3-4-5-6-7-8-9-10-11-12-13-14-15-16-17-18-19-20-21-2/h19-20H,2-18H2,1H3. The molecule has 125 valence electrons. The highest BCUT2D eigenvalue weighted by Crippen LogP contribution is 2.13. The summed E-state index contributed by atoms with van der Waals surface area (Å²) in [6.07, 6.45) is 26.3. The summed E-state index contributed by atoms with van der Waals surface area (Å²) in [6.45, 7) is 2.29. The number of ether oxygens (including phenoxy) is 1. The van der Waals surface area contributed by atoms with Crippen LogP contribution in [0.25, 0.3) is 0 Å². The molecule has 0 amide bonds. The monoisotopic (exact) mass is 295 g/mol. The van der Waals surface area contributed by atoms with Crippen LogP contribution in [0.1, 0.15) is 110 Å². The molecular formula is C20H39O. The normalized spacial score (nSPS) is 11.3. The summed E-state index contributed by atoms with van der Waals surface area (Å²) in [6, 6.07) is 0. The van der Waals surface area contributed by atoms with Crippen LogP contribution in [-0.4, -0.2) is 0 Å². The molecule has 1 nitrogen and oxygen atoms in total. The zero-order valence-electron chi connectivity index (χ0n) is 14.6. The lowest BCUT2D eigenvalue weighted by atomic mass is 10.0. The molecule has 0 bridgehead atoms. The van der Waals surface area contributed by atoms with Gasteiger partial charge in [0, 0.05) is 0 Å². The fourth-order valence-electron chi connectivity index (χ4n) is 2.77. The first-order valence-electron chi connectivity index (χ1n) is 9.47. The minimum Gasteiger partial charge on any atom is -0.498 e. The summed E-state index contributed by atoms with van der Waals surface area (Å²) in [7, 11) is 3.31. The van der Waals surface area contributed by atoms with Crippen LogP contribution in [0.15, 0.2) is 12.3 Å². The second kappa shape index (κ2) is 19.5. The van der Waals surface area contributed by atoms with E-state index in [1.165, 1.54) is 96.3 Å². The van der Waals surface area contributed by atoms with E-state index in [0.29, 0.717) is 0 Å². The highest BCUT2D eigenvalue weighted by atomic mass is 16.5. The third-order valence-electron chi connectivity index (χ3n) is 4.17. The van der Waals surface area contributed by atoms with Gasteiger partial charge >= 0.3 is 0 Å². The van der Waals surface area contributed by atoms with E-state index in [9.17, 15) is 0 Å². The van der Waals surface area contributed by atoms with Gasteiger partial charge in [-0.15, -0.1) is 0 Å². The average molecular weight is 296 g/mol. The Labute approximate surface area is 134 Å². The zero-order chi connectivity index (χ0) is 15.4. The quantitative estimate of drug-likeness (QED) is 0.198. The van der Waals surface area contributed by atoms with E-state index in [0.717, 1.165) is 6.42 Å². The van der Waals surface area contributed by atoms with Crippen molar-refractivity contribution in [2.24, 2.45) is 0 Å². The van der Waals surface area contributed by atoms with E-state index in [1.807, 2.05) is 0 Å². The van der Waals surface area contributed by atoms with Crippen molar-refractivity contribution >= 4 is 0 Å². The lowest BCUT2D eigenvalue weighted by Crippen LogP contribution is -1.83. The molecular weight excluding hydrogens is 256 g/mol. The Morgan fingerprint density at radius 2 is 1.00 bits per heavy atom. The second-order valence-electron chi connectivity index (χ2n) is 6.28. The summed E-state index contributed by atoms with van der Waals surface area (Å²) < 4.78 is 4.64. The lowest BCUT2D eigenvalue weighted by molar-refractivity contribution is 0.391. The van der Waals surface area contributed by atoms with Gasteiger partial charge in [-0.1, -0.05) is 96.8 Å². The molecule has 0 aromatic heterocycles. The van der Waals surface area contributed by atoms with E-state index in [4.69, 9.17) is 0 Å². The molecule has 1 heteroatoms. The number of hydrogen-bond donors (Lipinski definition) is 0. The molecule has 0 saturated carbocycles. The number of unbranched alkanes of at least 4 members (excludes halogenated alkanes) is 15. The molecule has 0 rings (SSSR count). The van der Waals surface area contributed by atoms with Gasteiger partial charge in [-0.3, -0.25) is 0 Å². The van der Waals surface area contributed by atoms with Crippen LogP contribution in [0.5, 0.6) is 0 Å². The van der Waals surface area contributed by atoms with Crippen LogP contribution in [0.3, 0.4) is 0 Å². The minimum atomic E-state index is 1.13. The fourth-order valence-corrected chi connectivity index (χ4v) is 2.77. The Bertz CT molecular complexity index is 198. The molecule has 21 heavy (non-hydrogen) atoms. The summed E-state index contributed by atoms with van der Waals surface area (Å²) in [4.78, 5) is 0. The molecule has 0 aliphatic carbocycles. The number of hydrogen-bond acceptors (Lipinski definition) is 1. The SMILES string of the molecule is [CH2]OC=CCCCCCCCCCCCCCCCCC. The molecule has 0 spiro atoms. The predicted molar refractivity (Wildman–Crippen MR) is 95.1 cm³/mol. The molecule has 0 aromatic carbocycles. The van der Waals surface area contributed by atoms with Gasteiger partial charge in [-0.2, -0.15) is 0 Å². The third kappa shape index (κ3) is 19.5. The lowest BCUT2D eigenvalue weighted by Gasteiger charge is -2.03. The maximum atomic E-state index is 4.64. The van der Waals surface area contributed by atoms with Crippen LogP contribution >= 0.6 is 0 Å². The molecule has 0 saturated heterocycles. The largest absolute Gasteiger partial charge is 0.498 e. The van der Waals surface area contributed by atoms with Gasteiger partial charge in [0.1, 0.15) is 7.11 Å². The number of allylic oxidation sites excluding steroid dienone is 1. The Balaban J connectivity index is 2.95.